The Morgan fingerprint density at radius 2 is 1.90 bits per heavy atom. The predicted octanol–water partition coefficient (Wildman–Crippen LogP) is 0.535. The van der Waals surface area contributed by atoms with Gasteiger partial charge in [0, 0.05) is 5.69 Å². The molecular formula is C13H17N3O5. The molecule has 0 spiro atoms. The van der Waals surface area contributed by atoms with Crippen molar-refractivity contribution in [3.8, 4) is 5.75 Å². The van der Waals surface area contributed by atoms with Crippen LogP contribution in [-0.4, -0.2) is 35.7 Å². The molecule has 0 aromatic heterocycles. The van der Waals surface area contributed by atoms with Gasteiger partial charge in [0.05, 0.1) is 13.0 Å². The van der Waals surface area contributed by atoms with Crippen LogP contribution in [0.4, 0.5) is 10.5 Å². The molecule has 8 nitrogen and oxygen atoms in total. The molecule has 5 N–H and O–H groups in total. The van der Waals surface area contributed by atoms with Crippen molar-refractivity contribution in [3.05, 3.63) is 24.3 Å². The molecule has 0 aliphatic rings. The highest BCUT2D eigenvalue weighted by Gasteiger charge is 2.22. The van der Waals surface area contributed by atoms with Gasteiger partial charge in [0.25, 0.3) is 0 Å². The minimum Gasteiger partial charge on any atom is -0.494 e. The van der Waals surface area contributed by atoms with E-state index in [1.807, 2.05) is 6.92 Å². The number of hydrogen-bond donors (Lipinski definition) is 4. The van der Waals surface area contributed by atoms with Crippen LogP contribution in [0, 0.1) is 0 Å². The van der Waals surface area contributed by atoms with Crippen molar-refractivity contribution in [1.82, 2.24) is 5.32 Å². The number of nitrogens with one attached hydrogen (secondary N) is 2. The Bertz CT molecular complexity index is 515. The zero-order valence-electron chi connectivity index (χ0n) is 11.5. The van der Waals surface area contributed by atoms with Crippen LogP contribution < -0.4 is 21.1 Å². The number of carbonyl (C=O) groups excluding carboxylic acids is 2. The summed E-state index contributed by atoms with van der Waals surface area (Å²) in [7, 11) is 0. The first-order chi connectivity index (χ1) is 9.92. The lowest BCUT2D eigenvalue weighted by Gasteiger charge is -2.13. The van der Waals surface area contributed by atoms with Gasteiger partial charge in [-0.2, -0.15) is 0 Å². The first kappa shape index (κ1) is 16.3. The highest BCUT2D eigenvalue weighted by Crippen LogP contribution is 2.15. The van der Waals surface area contributed by atoms with E-state index >= 15 is 0 Å². The van der Waals surface area contributed by atoms with Gasteiger partial charge in [-0.1, -0.05) is 0 Å². The standard InChI is InChI=1S/C13H17N3O5/c1-2-21-9-5-3-8(4-6-9)15-13(20)16-10(12(18)19)7-11(14)17/h3-6,10H,2,7H2,1H3,(H2,14,17)(H,18,19)(H2,15,16,20). The van der Waals surface area contributed by atoms with Gasteiger partial charge >= 0.3 is 12.0 Å². The maximum atomic E-state index is 11.7. The van der Waals surface area contributed by atoms with Crippen LogP contribution in [0.3, 0.4) is 0 Å². The molecule has 0 aliphatic heterocycles. The third-order valence-electron chi connectivity index (χ3n) is 2.43. The largest absolute Gasteiger partial charge is 0.494 e. The van der Waals surface area contributed by atoms with E-state index < -0.39 is 30.4 Å². The molecule has 1 aromatic rings. The topological polar surface area (TPSA) is 131 Å². The number of carboxylic acid groups (broad SMARTS) is 1. The number of amides is 3. The summed E-state index contributed by atoms with van der Waals surface area (Å²) in [6.07, 6.45) is -0.480. The van der Waals surface area contributed by atoms with Gasteiger partial charge < -0.3 is 26.2 Å². The van der Waals surface area contributed by atoms with Crippen LogP contribution in [0.25, 0.3) is 0 Å². The van der Waals surface area contributed by atoms with Crippen LogP contribution >= 0.6 is 0 Å². The number of rotatable bonds is 7. The molecule has 0 bridgehead atoms. The summed E-state index contributed by atoms with van der Waals surface area (Å²) in [5.74, 6) is -1.50. The predicted molar refractivity (Wildman–Crippen MR) is 75.0 cm³/mol. The quantitative estimate of drug-likeness (QED) is 0.583. The first-order valence-corrected chi connectivity index (χ1v) is 6.24. The fourth-order valence-electron chi connectivity index (χ4n) is 1.53. The Morgan fingerprint density at radius 3 is 2.38 bits per heavy atom. The molecule has 0 radical (unpaired) electrons. The Morgan fingerprint density at radius 1 is 1.29 bits per heavy atom. The average molecular weight is 295 g/mol. The Balaban J connectivity index is 2.59. The van der Waals surface area contributed by atoms with Gasteiger partial charge in [0.1, 0.15) is 11.8 Å². The van der Waals surface area contributed by atoms with Crippen molar-refractivity contribution in [2.24, 2.45) is 5.73 Å². The fraction of sp³-hybridized carbons (Fsp3) is 0.308. The number of hydrogen-bond acceptors (Lipinski definition) is 4. The molecule has 8 heteroatoms. The number of carbonyl (C=O) groups is 3. The third kappa shape index (κ3) is 5.81. The van der Waals surface area contributed by atoms with E-state index in [0.29, 0.717) is 18.0 Å². The maximum absolute atomic E-state index is 11.7. The molecule has 0 aliphatic carbocycles. The summed E-state index contributed by atoms with van der Waals surface area (Å²) in [4.78, 5) is 33.2. The fourth-order valence-corrected chi connectivity index (χ4v) is 1.53. The van der Waals surface area contributed by atoms with Crippen molar-refractivity contribution < 1.29 is 24.2 Å². The SMILES string of the molecule is CCOc1ccc(NC(=O)NC(CC(N)=O)C(=O)O)cc1. The number of anilines is 1. The Hall–Kier alpha value is -2.77. The van der Waals surface area contributed by atoms with Crippen LogP contribution in [0.2, 0.25) is 0 Å². The lowest BCUT2D eigenvalue weighted by molar-refractivity contribution is -0.140. The van der Waals surface area contributed by atoms with E-state index in [4.69, 9.17) is 15.6 Å². The molecule has 1 aromatic carbocycles. The number of benzene rings is 1. The second-order valence-corrected chi connectivity index (χ2v) is 4.12. The molecule has 1 atom stereocenters. The Kier molecular flexibility index (Phi) is 5.99. The van der Waals surface area contributed by atoms with Crippen LogP contribution in [0.1, 0.15) is 13.3 Å². The molecule has 3 amide bonds. The average Bonchev–Trinajstić information content (AvgIpc) is 2.40. The molecule has 1 unspecified atom stereocenters. The molecule has 114 valence electrons. The van der Waals surface area contributed by atoms with Crippen molar-refractivity contribution in [2.75, 3.05) is 11.9 Å². The van der Waals surface area contributed by atoms with Crippen molar-refractivity contribution in [2.45, 2.75) is 19.4 Å². The van der Waals surface area contributed by atoms with Gasteiger partial charge in [0.2, 0.25) is 5.91 Å². The number of aliphatic carboxylic acids is 1. The highest BCUT2D eigenvalue weighted by molar-refractivity contribution is 5.93. The van der Waals surface area contributed by atoms with Crippen molar-refractivity contribution >= 4 is 23.6 Å². The molecule has 0 saturated heterocycles. The summed E-state index contributed by atoms with van der Waals surface area (Å²) in [5, 5.41) is 13.5. The van der Waals surface area contributed by atoms with Crippen LogP contribution in [-0.2, 0) is 9.59 Å². The molecule has 0 saturated carbocycles. The zero-order chi connectivity index (χ0) is 15.8. The normalized spacial score (nSPS) is 11.3. The summed E-state index contributed by atoms with van der Waals surface area (Å²) in [5.41, 5.74) is 5.37. The van der Waals surface area contributed by atoms with E-state index in [2.05, 4.69) is 10.6 Å². The first-order valence-electron chi connectivity index (χ1n) is 6.24. The smallest absolute Gasteiger partial charge is 0.326 e. The summed E-state index contributed by atoms with van der Waals surface area (Å²) in [6, 6.07) is 4.43. The van der Waals surface area contributed by atoms with Gasteiger partial charge in [-0.3, -0.25) is 4.79 Å². The maximum Gasteiger partial charge on any atom is 0.326 e. The summed E-state index contributed by atoms with van der Waals surface area (Å²) < 4.78 is 5.25. The highest BCUT2D eigenvalue weighted by atomic mass is 16.5. The third-order valence-corrected chi connectivity index (χ3v) is 2.43. The van der Waals surface area contributed by atoms with Crippen molar-refractivity contribution in [1.29, 1.82) is 0 Å². The second kappa shape index (κ2) is 7.73. The molecule has 1 rings (SSSR count). The molecule has 0 fully saturated rings. The van der Waals surface area contributed by atoms with E-state index in [1.165, 1.54) is 0 Å². The number of nitrogens with two attached hydrogens (primary N) is 1. The number of ether oxygens (including phenoxy) is 1. The van der Waals surface area contributed by atoms with Crippen molar-refractivity contribution in [3.63, 3.8) is 0 Å². The van der Waals surface area contributed by atoms with Gasteiger partial charge in [-0.25, -0.2) is 9.59 Å². The van der Waals surface area contributed by atoms with Gasteiger partial charge in [-0.15, -0.1) is 0 Å². The molecule has 0 heterocycles. The lowest BCUT2D eigenvalue weighted by atomic mass is 10.2. The van der Waals surface area contributed by atoms with Crippen LogP contribution in [0.15, 0.2) is 24.3 Å². The molecular weight excluding hydrogens is 278 g/mol. The summed E-state index contributed by atoms with van der Waals surface area (Å²) >= 11 is 0. The minimum atomic E-state index is -1.37. The second-order valence-electron chi connectivity index (χ2n) is 4.12. The van der Waals surface area contributed by atoms with Gasteiger partial charge in [-0.05, 0) is 31.2 Å². The van der Waals surface area contributed by atoms with E-state index in [0.717, 1.165) is 0 Å². The van der Waals surface area contributed by atoms with E-state index in [-0.39, 0.29) is 0 Å². The summed E-state index contributed by atoms with van der Waals surface area (Å²) in [6.45, 7) is 2.38. The zero-order valence-corrected chi connectivity index (χ0v) is 11.5. The minimum absolute atomic E-state index is 0.458. The number of primary amides is 1. The molecule has 21 heavy (non-hydrogen) atoms. The van der Waals surface area contributed by atoms with Crippen LogP contribution in [0.5, 0.6) is 5.75 Å². The van der Waals surface area contributed by atoms with E-state index in [9.17, 15) is 14.4 Å². The van der Waals surface area contributed by atoms with Gasteiger partial charge in [0.15, 0.2) is 0 Å². The monoisotopic (exact) mass is 295 g/mol. The van der Waals surface area contributed by atoms with E-state index in [1.54, 1.807) is 24.3 Å². The number of carboxylic acids is 1. The lowest BCUT2D eigenvalue weighted by Crippen LogP contribution is -2.45. The Labute approximate surface area is 121 Å². The number of urea groups is 1.